The molecule has 0 amide bonds. The Bertz CT molecular complexity index is 2440. The van der Waals surface area contributed by atoms with Gasteiger partial charge < -0.3 is 0 Å². The number of hydrogen-bond donors (Lipinski definition) is 0. The van der Waals surface area contributed by atoms with Gasteiger partial charge in [-0.2, -0.15) is 0 Å². The van der Waals surface area contributed by atoms with Gasteiger partial charge in [0.2, 0.25) is 0 Å². The van der Waals surface area contributed by atoms with Gasteiger partial charge in [-0.15, -0.1) is 0 Å². The highest BCUT2D eigenvalue weighted by Gasteiger charge is 2.38. The fraction of sp³-hybridized carbons (Fsp3) is 0.0952. The number of nitrogens with zero attached hydrogens (tertiary/aromatic N) is 5. The van der Waals surface area contributed by atoms with Crippen LogP contribution in [-0.2, 0) is 5.41 Å². The summed E-state index contributed by atoms with van der Waals surface area (Å²) >= 11 is 0. The summed E-state index contributed by atoms with van der Waals surface area (Å²) in [5.41, 5.74) is 12.0. The first-order chi connectivity index (χ1) is 23.0. The van der Waals surface area contributed by atoms with Crippen molar-refractivity contribution >= 4 is 21.9 Å². The van der Waals surface area contributed by atoms with Gasteiger partial charge in [0, 0.05) is 44.8 Å². The molecule has 5 heteroatoms. The molecule has 3 heterocycles. The fourth-order valence-corrected chi connectivity index (χ4v) is 7.30. The monoisotopic (exact) mass is 605 g/mol. The molecule has 224 valence electrons. The normalized spacial score (nSPS) is 13.2. The number of benzene rings is 5. The van der Waals surface area contributed by atoms with Gasteiger partial charge in [-0.1, -0.05) is 116 Å². The lowest BCUT2D eigenvalue weighted by Gasteiger charge is -2.24. The molecule has 1 aliphatic rings. The molecule has 0 fully saturated rings. The van der Waals surface area contributed by atoms with E-state index in [-0.39, 0.29) is 5.41 Å². The number of fused-ring (bicyclic) bond motifs is 6. The number of para-hydroxylation sites is 1. The van der Waals surface area contributed by atoms with Crippen LogP contribution >= 0.6 is 0 Å². The number of aryl methyl sites for hydroxylation is 1. The number of aromatic nitrogens is 5. The smallest absolute Gasteiger partial charge is 0.164 e. The Balaban J connectivity index is 1.23. The van der Waals surface area contributed by atoms with Crippen LogP contribution in [0.4, 0.5) is 0 Å². The molecule has 0 atom stereocenters. The Morgan fingerprint density at radius 2 is 1.23 bits per heavy atom. The third kappa shape index (κ3) is 4.23. The average Bonchev–Trinajstić information content (AvgIpc) is 3.57. The molecule has 9 rings (SSSR count). The van der Waals surface area contributed by atoms with Crippen molar-refractivity contribution in [2.45, 2.75) is 26.2 Å². The van der Waals surface area contributed by atoms with E-state index in [1.54, 1.807) is 0 Å². The van der Waals surface area contributed by atoms with Crippen molar-refractivity contribution in [3.63, 3.8) is 0 Å². The highest BCUT2D eigenvalue weighted by Crippen LogP contribution is 2.52. The maximum Gasteiger partial charge on any atom is 0.164 e. The minimum atomic E-state index is -0.312. The SMILES string of the molecule is Cc1ccc(-c2nc(-c3ccccc3)nc(-c3cccc4c3C(C)(C)c3cc(-n5c6ccccc6c6cccnc65)ccc3-4)n2)cc1. The molecule has 0 bridgehead atoms. The second-order valence-corrected chi connectivity index (χ2v) is 12.8. The minimum absolute atomic E-state index is 0.312. The molecule has 0 unspecified atom stereocenters. The van der Waals surface area contributed by atoms with E-state index in [0.717, 1.165) is 38.9 Å². The molecule has 5 aromatic carbocycles. The molecule has 47 heavy (non-hydrogen) atoms. The third-order valence-electron chi connectivity index (χ3n) is 9.57. The van der Waals surface area contributed by atoms with Gasteiger partial charge in [0.05, 0.1) is 5.52 Å². The quantitative estimate of drug-likeness (QED) is 0.200. The van der Waals surface area contributed by atoms with E-state index in [4.69, 9.17) is 19.9 Å². The maximum atomic E-state index is 5.13. The van der Waals surface area contributed by atoms with Crippen LogP contribution in [0.5, 0.6) is 0 Å². The Morgan fingerprint density at radius 1 is 0.553 bits per heavy atom. The van der Waals surface area contributed by atoms with Gasteiger partial charge in [-0.3, -0.25) is 4.57 Å². The van der Waals surface area contributed by atoms with Crippen molar-refractivity contribution in [1.82, 2.24) is 24.5 Å². The number of pyridine rings is 1. The first-order valence-corrected chi connectivity index (χ1v) is 16.0. The van der Waals surface area contributed by atoms with Crippen molar-refractivity contribution in [1.29, 1.82) is 0 Å². The standard InChI is InChI=1S/C42H31N5/c1-26-18-20-28(21-19-26)39-44-38(27-11-5-4-6-12-27)45-40(46-39)34-15-9-14-32-30-23-22-29(25-35(30)42(2,3)37(32)34)47-36-17-8-7-13-31(36)33-16-10-24-43-41(33)47/h4-25H,1-3H3. The van der Waals surface area contributed by atoms with Crippen LogP contribution in [-0.4, -0.2) is 24.5 Å². The van der Waals surface area contributed by atoms with Crippen LogP contribution < -0.4 is 0 Å². The lowest BCUT2D eigenvalue weighted by atomic mass is 9.80. The van der Waals surface area contributed by atoms with E-state index < -0.39 is 0 Å². The summed E-state index contributed by atoms with van der Waals surface area (Å²) < 4.78 is 2.29. The summed E-state index contributed by atoms with van der Waals surface area (Å²) in [4.78, 5) is 20.0. The highest BCUT2D eigenvalue weighted by atomic mass is 15.0. The topological polar surface area (TPSA) is 56.5 Å². The zero-order valence-electron chi connectivity index (χ0n) is 26.4. The predicted octanol–water partition coefficient (Wildman–Crippen LogP) is 9.98. The van der Waals surface area contributed by atoms with E-state index >= 15 is 0 Å². The Labute approximate surface area is 273 Å². The van der Waals surface area contributed by atoms with Crippen molar-refractivity contribution < 1.29 is 0 Å². The van der Waals surface area contributed by atoms with Gasteiger partial charge in [-0.05, 0) is 59.5 Å². The second-order valence-electron chi connectivity index (χ2n) is 12.8. The predicted molar refractivity (Wildman–Crippen MR) is 191 cm³/mol. The van der Waals surface area contributed by atoms with Crippen LogP contribution in [0.3, 0.4) is 0 Å². The Kier molecular flexibility index (Phi) is 6.00. The molecular formula is C42H31N5. The van der Waals surface area contributed by atoms with Gasteiger partial charge in [0.25, 0.3) is 0 Å². The van der Waals surface area contributed by atoms with Gasteiger partial charge in [0.15, 0.2) is 17.5 Å². The summed E-state index contributed by atoms with van der Waals surface area (Å²) in [7, 11) is 0. The zero-order chi connectivity index (χ0) is 31.7. The maximum absolute atomic E-state index is 5.13. The van der Waals surface area contributed by atoms with E-state index in [1.807, 2.05) is 30.5 Å². The van der Waals surface area contributed by atoms with Crippen molar-refractivity contribution in [2.75, 3.05) is 0 Å². The minimum Gasteiger partial charge on any atom is -0.294 e. The highest BCUT2D eigenvalue weighted by molar-refractivity contribution is 6.07. The number of rotatable bonds is 4. The number of hydrogen-bond acceptors (Lipinski definition) is 4. The van der Waals surface area contributed by atoms with Crippen LogP contribution in [0.1, 0.15) is 30.5 Å². The first-order valence-electron chi connectivity index (χ1n) is 16.0. The van der Waals surface area contributed by atoms with Gasteiger partial charge in [0.1, 0.15) is 5.65 Å². The van der Waals surface area contributed by atoms with E-state index in [0.29, 0.717) is 17.5 Å². The zero-order valence-corrected chi connectivity index (χ0v) is 26.4. The molecule has 3 aromatic heterocycles. The molecule has 8 aromatic rings. The lowest BCUT2D eigenvalue weighted by molar-refractivity contribution is 0.660. The molecule has 5 nitrogen and oxygen atoms in total. The van der Waals surface area contributed by atoms with Crippen molar-refractivity contribution in [3.8, 4) is 51.0 Å². The van der Waals surface area contributed by atoms with E-state index in [9.17, 15) is 0 Å². The summed E-state index contributed by atoms with van der Waals surface area (Å²) in [5.74, 6) is 2.01. The third-order valence-corrected chi connectivity index (χ3v) is 9.57. The average molecular weight is 606 g/mol. The molecule has 1 aliphatic carbocycles. The lowest BCUT2D eigenvalue weighted by Crippen LogP contribution is -2.17. The summed E-state index contributed by atoms with van der Waals surface area (Å²) in [6, 6.07) is 44.6. The Morgan fingerprint density at radius 3 is 2.04 bits per heavy atom. The molecule has 0 spiro atoms. The molecule has 0 radical (unpaired) electrons. The summed E-state index contributed by atoms with van der Waals surface area (Å²) in [6.07, 6.45) is 1.88. The van der Waals surface area contributed by atoms with E-state index in [1.165, 1.54) is 33.2 Å². The first kappa shape index (κ1) is 27.4. The van der Waals surface area contributed by atoms with Crippen molar-refractivity contribution in [2.24, 2.45) is 0 Å². The van der Waals surface area contributed by atoms with Gasteiger partial charge >= 0.3 is 0 Å². The molecule has 0 saturated heterocycles. The summed E-state index contributed by atoms with van der Waals surface area (Å²) in [5, 5.41) is 2.36. The van der Waals surface area contributed by atoms with Crippen LogP contribution in [0.15, 0.2) is 134 Å². The second kappa shape index (κ2) is 10.3. The molecular weight excluding hydrogens is 574 g/mol. The molecule has 0 saturated carbocycles. The van der Waals surface area contributed by atoms with Crippen LogP contribution in [0.25, 0.3) is 72.9 Å². The van der Waals surface area contributed by atoms with Crippen molar-refractivity contribution in [3.05, 3.63) is 150 Å². The Hall–Kier alpha value is -5.94. The molecule has 0 aliphatic heterocycles. The van der Waals surface area contributed by atoms with Gasteiger partial charge in [-0.25, -0.2) is 19.9 Å². The van der Waals surface area contributed by atoms with Crippen LogP contribution in [0, 0.1) is 6.92 Å². The molecule has 0 N–H and O–H groups in total. The summed E-state index contributed by atoms with van der Waals surface area (Å²) in [6.45, 7) is 6.72. The van der Waals surface area contributed by atoms with E-state index in [2.05, 4.69) is 128 Å². The largest absolute Gasteiger partial charge is 0.294 e. The van der Waals surface area contributed by atoms with Crippen LogP contribution in [0.2, 0.25) is 0 Å². The fourth-order valence-electron chi connectivity index (χ4n) is 7.30.